The number of phenolic OH excluding ortho intramolecular Hbond substituents is 8. The second kappa shape index (κ2) is 19.4. The van der Waals surface area contributed by atoms with Gasteiger partial charge >= 0.3 is 388 Å². The maximum absolute atomic E-state index is 12.4. The Morgan fingerprint density at radius 3 is 0.667 bits per heavy atom. The van der Waals surface area contributed by atoms with E-state index in [1.54, 1.807) is 121 Å². The van der Waals surface area contributed by atoms with Crippen molar-refractivity contribution in [3.63, 3.8) is 0 Å². The maximum atomic E-state index is 12.4. The van der Waals surface area contributed by atoms with Gasteiger partial charge in [0.2, 0.25) is 0 Å². The Morgan fingerprint density at radius 2 is 0.500 bits per heavy atom. The van der Waals surface area contributed by atoms with Crippen molar-refractivity contribution < 1.29 is 88.4 Å². The minimum absolute atomic E-state index is 0.00856. The van der Waals surface area contributed by atoms with E-state index >= 15 is 0 Å². The van der Waals surface area contributed by atoms with Crippen LogP contribution in [0.4, 0.5) is 0 Å². The van der Waals surface area contributed by atoms with Gasteiger partial charge in [-0.25, -0.2) is 0 Å². The van der Waals surface area contributed by atoms with Crippen LogP contribution in [-0.4, -0.2) is 53.4 Å². The number of aromatic hydroxyl groups is 8. The number of aldehydes is 2. The number of phenols is 8. The van der Waals surface area contributed by atoms with Crippen molar-refractivity contribution in [2.75, 3.05) is 0 Å². The molecule has 0 fully saturated rings. The predicted octanol–water partition coefficient (Wildman–Crippen LogP) is 9.33. The first kappa shape index (κ1) is 49.2. The molecular weight excluding hydrogens is 993 g/mol. The Morgan fingerprint density at radius 1 is 0.319 bits per heavy atom. The fourth-order valence-corrected chi connectivity index (χ4v) is 11.0. The van der Waals surface area contributed by atoms with Crippen LogP contribution in [0.15, 0.2) is 121 Å². The summed E-state index contributed by atoms with van der Waals surface area (Å²) in [5, 5.41) is 99.2. The quantitative estimate of drug-likeness (QED) is 0.0666. The first-order valence-electron chi connectivity index (χ1n) is 22.6. The Kier molecular flexibility index (Phi) is 13.2. The van der Waals surface area contributed by atoms with E-state index in [4.69, 9.17) is 0 Å². The normalized spacial score (nSPS) is 16.2. The van der Waals surface area contributed by atoms with Crippen molar-refractivity contribution >= 4 is 21.4 Å². The van der Waals surface area contributed by atoms with Gasteiger partial charge in [0.15, 0.2) is 0 Å². The van der Waals surface area contributed by atoms with Gasteiger partial charge in [0.1, 0.15) is 12.6 Å². The van der Waals surface area contributed by atoms with Crippen molar-refractivity contribution in [1.82, 2.24) is 0 Å². The molecule has 1 aliphatic rings. The molecule has 8 aromatic carbocycles. The van der Waals surface area contributed by atoms with Gasteiger partial charge < -0.3 is 0 Å². The molecule has 4 atom stereocenters. The van der Waals surface area contributed by atoms with E-state index in [9.17, 15) is 58.0 Å². The van der Waals surface area contributed by atoms with Crippen LogP contribution in [0, 0.1) is 27.7 Å². The monoisotopic (exact) mass is 1040 g/mol. The van der Waals surface area contributed by atoms with Crippen molar-refractivity contribution in [1.29, 1.82) is 0 Å². The van der Waals surface area contributed by atoms with Crippen molar-refractivity contribution in [3.05, 3.63) is 221 Å². The zero-order valence-electron chi connectivity index (χ0n) is 39.0. The molecule has 8 N–H and O–H groups in total. The van der Waals surface area contributed by atoms with Gasteiger partial charge in [0, 0.05) is 11.1 Å². The second-order valence-corrected chi connectivity index (χ2v) is 20.1. The van der Waals surface area contributed by atoms with Gasteiger partial charge in [-0.15, -0.1) is 0 Å². The van der Waals surface area contributed by atoms with Crippen LogP contribution >= 0.6 is 0 Å². The summed E-state index contributed by atoms with van der Waals surface area (Å²) in [4.78, 5) is 24.0. The summed E-state index contributed by atoms with van der Waals surface area (Å²) in [7, 11) is 0. The van der Waals surface area contributed by atoms with Gasteiger partial charge in [0.25, 0.3) is 0 Å². The molecule has 362 valence electrons. The number of rotatable bonds is 8. The van der Waals surface area contributed by atoms with Crippen molar-refractivity contribution in [2.45, 2.75) is 51.4 Å². The number of carbonyl (C=O) groups excluding carboxylic acids is 2. The van der Waals surface area contributed by atoms with E-state index in [0.29, 0.717) is 54.8 Å². The number of hydrogen-bond donors (Lipinski definition) is 8. The van der Waals surface area contributed by atoms with Gasteiger partial charge in [-0.2, -0.15) is 0 Å². The molecule has 8 bridgehead atoms. The summed E-state index contributed by atoms with van der Waals surface area (Å²) in [6, 6.07) is 32.5. The molecule has 0 saturated carbocycles. The number of carbonyl (C=O) groups is 2. The molecule has 1 aliphatic carbocycles. The number of hydrogen-bond acceptors (Lipinski definition) is 12. The average Bonchev–Trinajstić information content (AvgIpc) is 3.40. The van der Waals surface area contributed by atoms with Crippen LogP contribution < -0.4 is 8.85 Å². The van der Waals surface area contributed by atoms with Gasteiger partial charge in [0.05, 0.1) is 0 Å². The van der Waals surface area contributed by atoms with E-state index in [-0.39, 0.29) is 113 Å². The Bertz CT molecular complexity index is 2930. The Labute approximate surface area is 426 Å². The van der Waals surface area contributed by atoms with Crippen LogP contribution in [0.25, 0.3) is 0 Å². The van der Waals surface area contributed by atoms with Gasteiger partial charge in [-0.1, -0.05) is 0 Å². The van der Waals surface area contributed by atoms with Crippen molar-refractivity contribution in [2.24, 2.45) is 0 Å². The van der Waals surface area contributed by atoms with Crippen LogP contribution in [0.3, 0.4) is 0 Å². The molecule has 0 aliphatic heterocycles. The molecular formula is C58H46Cr2O12. The van der Waals surface area contributed by atoms with Crippen LogP contribution in [0.5, 0.6) is 46.0 Å². The zero-order valence-corrected chi connectivity index (χ0v) is 41.6. The molecule has 14 heteroatoms. The fourth-order valence-electron chi connectivity index (χ4n) is 10.2. The standard InChI is InChI=1S/C58H46O10.2Cr.2O/c1-29-51(61)39-23-40(52(29)62)48(36-13-9-6-10-14-36)42-25-44(56(66)31(3)54(42)64)50(38-21-17-34(28-60)18-22-38)46-26-45(57(67)32(4)58(46)68)49(37-19-15-33(27-59)16-20-37)43-24-41(53(63)30(2)55(43)65)47(39)35-11-7-5-8-12-35;;;;/h7-28,47-50,61-68H,1-4H3;;;;. The molecule has 0 spiro atoms. The number of fused-ring (bicyclic) bond motifs is 8. The summed E-state index contributed by atoms with van der Waals surface area (Å²) in [6.07, 6.45) is 1.34. The van der Waals surface area contributed by atoms with Crippen LogP contribution in [0.2, 0.25) is 0 Å². The molecule has 0 heterocycles. The number of benzene rings is 8. The third-order valence-electron chi connectivity index (χ3n) is 14.2. The first-order valence-corrected chi connectivity index (χ1v) is 25.0. The third kappa shape index (κ3) is 8.22. The van der Waals surface area contributed by atoms with Gasteiger partial charge in [-0.05, 0) is 6.92 Å². The van der Waals surface area contributed by atoms with E-state index in [1.807, 2.05) is 0 Å². The minimum atomic E-state index is -1.14. The summed E-state index contributed by atoms with van der Waals surface area (Å²) >= 11 is -2.28. The van der Waals surface area contributed by atoms with E-state index in [1.165, 1.54) is 27.7 Å². The fraction of sp³-hybridized carbons (Fsp3) is 0.138. The van der Waals surface area contributed by atoms with Crippen LogP contribution in [0.1, 0.15) is 133 Å². The Balaban J connectivity index is 1.54. The average molecular weight is 1040 g/mol. The van der Waals surface area contributed by atoms with E-state index in [0.717, 1.165) is 0 Å². The van der Waals surface area contributed by atoms with Crippen LogP contribution in [-0.2, 0) is 37.9 Å². The summed E-state index contributed by atoms with van der Waals surface area (Å²) in [6.45, 7) is 6.02. The Hall–Kier alpha value is -7.84. The SMILES string of the molecule is Cc1c(O)c2cc(c1O)C(c1ccc(C=O)cc1)c1cc(c(O)c(C)c1O)C(c1cc[c]([Cr]=[O])cc1)c1cc(c(O)c(C)c1O)C(c1cc[c]([Cr]=[O])cc1)c1cc(c(O)c(C)c1O)C2c1ccc(C=O)cc1. The predicted molar refractivity (Wildman–Crippen MR) is 259 cm³/mol. The molecule has 9 rings (SSSR count). The summed E-state index contributed by atoms with van der Waals surface area (Å²) in [5.74, 6) is -7.48. The molecule has 0 aromatic heterocycles. The van der Waals surface area contributed by atoms with Crippen molar-refractivity contribution in [3.8, 4) is 46.0 Å². The molecule has 72 heavy (non-hydrogen) atoms. The molecule has 4 unspecified atom stereocenters. The van der Waals surface area contributed by atoms with E-state index < -0.39 is 54.0 Å². The third-order valence-corrected chi connectivity index (χ3v) is 15.6. The van der Waals surface area contributed by atoms with Gasteiger partial charge in [-0.3, -0.25) is 9.59 Å². The second-order valence-electron chi connectivity index (χ2n) is 18.1. The molecule has 0 amide bonds. The molecule has 8 aromatic rings. The molecule has 0 radical (unpaired) electrons. The zero-order chi connectivity index (χ0) is 51.4. The topological polar surface area (TPSA) is 230 Å². The van der Waals surface area contributed by atoms with E-state index in [2.05, 4.69) is 0 Å². The first-order chi connectivity index (χ1) is 34.5. The summed E-state index contributed by atoms with van der Waals surface area (Å²) in [5.41, 5.74) is 3.77. The molecule has 12 nitrogen and oxygen atoms in total. The molecule has 0 saturated heterocycles. The summed E-state index contributed by atoms with van der Waals surface area (Å²) < 4.78 is 25.4.